The zero-order chi connectivity index (χ0) is 15.9. The molecule has 2 rings (SSSR count). The van der Waals surface area contributed by atoms with Gasteiger partial charge in [-0.3, -0.25) is 4.99 Å². The SMILES string of the molecule is CCC(C)NC(=NC)NCc1ccc(-n2ccnc2)c(F)c1. The first-order valence-electron chi connectivity index (χ1n) is 7.38. The maximum absolute atomic E-state index is 14.2. The van der Waals surface area contributed by atoms with Crippen LogP contribution >= 0.6 is 0 Å². The van der Waals surface area contributed by atoms with E-state index in [0.717, 1.165) is 12.0 Å². The van der Waals surface area contributed by atoms with Crippen LogP contribution in [0.4, 0.5) is 4.39 Å². The second kappa shape index (κ2) is 7.59. The minimum atomic E-state index is -0.276. The molecule has 2 aromatic rings. The number of hydrogen-bond acceptors (Lipinski definition) is 2. The summed E-state index contributed by atoms with van der Waals surface area (Å²) in [7, 11) is 1.72. The molecule has 1 aromatic heterocycles. The summed E-state index contributed by atoms with van der Waals surface area (Å²) in [6, 6.07) is 5.51. The van der Waals surface area contributed by atoms with Crippen molar-refractivity contribution in [3.63, 3.8) is 0 Å². The van der Waals surface area contributed by atoms with E-state index in [1.165, 1.54) is 6.07 Å². The molecule has 6 heteroatoms. The highest BCUT2D eigenvalue weighted by atomic mass is 19.1. The van der Waals surface area contributed by atoms with Crippen LogP contribution in [0.5, 0.6) is 0 Å². The van der Waals surface area contributed by atoms with Gasteiger partial charge in [0.25, 0.3) is 0 Å². The molecule has 1 heterocycles. The van der Waals surface area contributed by atoms with Crippen LogP contribution in [0.1, 0.15) is 25.8 Å². The molecule has 0 radical (unpaired) electrons. The standard InChI is InChI=1S/C16H22FN5/c1-4-12(2)21-16(18-3)20-10-13-5-6-15(14(17)9-13)22-8-7-19-11-22/h5-9,11-12H,4,10H2,1-3H3,(H2,18,20,21). The molecule has 0 spiro atoms. The number of hydrogen-bond donors (Lipinski definition) is 2. The number of rotatable bonds is 5. The molecule has 0 aliphatic carbocycles. The van der Waals surface area contributed by atoms with Crippen LogP contribution in [0.3, 0.4) is 0 Å². The number of imidazole rings is 1. The molecule has 118 valence electrons. The summed E-state index contributed by atoms with van der Waals surface area (Å²) in [5, 5.41) is 6.45. The van der Waals surface area contributed by atoms with Gasteiger partial charge in [0.05, 0.1) is 12.0 Å². The maximum atomic E-state index is 14.2. The Kier molecular flexibility index (Phi) is 5.52. The minimum Gasteiger partial charge on any atom is -0.354 e. The second-order valence-corrected chi connectivity index (χ2v) is 5.14. The van der Waals surface area contributed by atoms with Crippen molar-refractivity contribution in [2.45, 2.75) is 32.9 Å². The van der Waals surface area contributed by atoms with Crippen molar-refractivity contribution in [1.29, 1.82) is 0 Å². The summed E-state index contributed by atoms with van der Waals surface area (Å²) in [5.74, 6) is 0.440. The Morgan fingerprint density at radius 2 is 2.27 bits per heavy atom. The molecule has 0 saturated carbocycles. The molecule has 0 amide bonds. The van der Waals surface area contributed by atoms with E-state index in [4.69, 9.17) is 0 Å². The Bertz CT molecular complexity index is 621. The molecule has 0 bridgehead atoms. The van der Waals surface area contributed by atoms with E-state index in [1.54, 1.807) is 36.4 Å². The van der Waals surface area contributed by atoms with Crippen molar-refractivity contribution < 1.29 is 4.39 Å². The van der Waals surface area contributed by atoms with Gasteiger partial charge in [0, 0.05) is 32.0 Å². The van der Waals surface area contributed by atoms with Crippen molar-refractivity contribution in [1.82, 2.24) is 20.2 Å². The molecule has 5 nitrogen and oxygen atoms in total. The van der Waals surface area contributed by atoms with Gasteiger partial charge >= 0.3 is 0 Å². The molecule has 1 atom stereocenters. The summed E-state index contributed by atoms with van der Waals surface area (Å²) in [4.78, 5) is 8.09. The van der Waals surface area contributed by atoms with Crippen LogP contribution in [0.2, 0.25) is 0 Å². The summed E-state index contributed by atoms with van der Waals surface area (Å²) in [6.45, 7) is 4.71. The van der Waals surface area contributed by atoms with Crippen molar-refractivity contribution in [2.75, 3.05) is 7.05 Å². The highest BCUT2D eigenvalue weighted by Gasteiger charge is 2.07. The fourth-order valence-electron chi connectivity index (χ4n) is 1.99. The van der Waals surface area contributed by atoms with E-state index in [1.807, 2.05) is 6.07 Å². The maximum Gasteiger partial charge on any atom is 0.191 e. The Labute approximate surface area is 130 Å². The lowest BCUT2D eigenvalue weighted by molar-refractivity contribution is 0.611. The minimum absolute atomic E-state index is 0.276. The molecule has 1 aromatic carbocycles. The molecular weight excluding hydrogens is 281 g/mol. The lowest BCUT2D eigenvalue weighted by Gasteiger charge is -2.16. The predicted molar refractivity (Wildman–Crippen MR) is 86.6 cm³/mol. The largest absolute Gasteiger partial charge is 0.354 e. The Balaban J connectivity index is 2.01. The lowest BCUT2D eigenvalue weighted by Crippen LogP contribution is -2.41. The van der Waals surface area contributed by atoms with Crippen LogP contribution in [0, 0.1) is 5.82 Å². The van der Waals surface area contributed by atoms with Crippen LogP contribution in [-0.2, 0) is 6.54 Å². The monoisotopic (exact) mass is 303 g/mol. The smallest absolute Gasteiger partial charge is 0.191 e. The molecule has 0 fully saturated rings. The van der Waals surface area contributed by atoms with E-state index >= 15 is 0 Å². The highest BCUT2D eigenvalue weighted by Crippen LogP contribution is 2.14. The third-order valence-electron chi connectivity index (χ3n) is 3.47. The Morgan fingerprint density at radius 1 is 1.45 bits per heavy atom. The first-order chi connectivity index (χ1) is 10.6. The molecule has 22 heavy (non-hydrogen) atoms. The first kappa shape index (κ1) is 16.0. The van der Waals surface area contributed by atoms with Gasteiger partial charge in [-0.05, 0) is 31.0 Å². The normalized spacial score (nSPS) is 13.0. The molecule has 1 unspecified atom stereocenters. The number of aliphatic imine (C=N–C) groups is 1. The number of aromatic nitrogens is 2. The molecular formula is C16H22FN5. The third-order valence-corrected chi connectivity index (χ3v) is 3.47. The average molecular weight is 303 g/mol. The van der Waals surface area contributed by atoms with E-state index in [0.29, 0.717) is 24.2 Å². The fourth-order valence-corrected chi connectivity index (χ4v) is 1.99. The van der Waals surface area contributed by atoms with E-state index in [-0.39, 0.29) is 5.82 Å². The lowest BCUT2D eigenvalue weighted by atomic mass is 10.2. The van der Waals surface area contributed by atoms with Gasteiger partial charge in [0.1, 0.15) is 5.82 Å². The van der Waals surface area contributed by atoms with E-state index in [2.05, 4.69) is 34.5 Å². The zero-order valence-electron chi connectivity index (χ0n) is 13.2. The van der Waals surface area contributed by atoms with Crippen LogP contribution < -0.4 is 10.6 Å². The van der Waals surface area contributed by atoms with Crippen molar-refractivity contribution in [3.05, 3.63) is 48.3 Å². The number of nitrogens with zero attached hydrogens (tertiary/aromatic N) is 3. The van der Waals surface area contributed by atoms with Gasteiger partial charge in [-0.2, -0.15) is 0 Å². The molecule has 0 saturated heterocycles. The number of nitrogens with one attached hydrogen (secondary N) is 2. The number of benzene rings is 1. The molecule has 0 aliphatic heterocycles. The van der Waals surface area contributed by atoms with Gasteiger partial charge in [0.2, 0.25) is 0 Å². The number of guanidine groups is 1. The topological polar surface area (TPSA) is 54.2 Å². The Morgan fingerprint density at radius 3 is 2.86 bits per heavy atom. The first-order valence-corrected chi connectivity index (χ1v) is 7.38. The second-order valence-electron chi connectivity index (χ2n) is 5.14. The van der Waals surface area contributed by atoms with Gasteiger partial charge in [-0.25, -0.2) is 9.37 Å². The molecule has 0 aliphatic rings. The summed E-state index contributed by atoms with van der Waals surface area (Å²) >= 11 is 0. The Hall–Kier alpha value is -2.37. The van der Waals surface area contributed by atoms with Crippen LogP contribution in [-0.4, -0.2) is 28.6 Å². The van der Waals surface area contributed by atoms with Crippen molar-refractivity contribution >= 4 is 5.96 Å². The summed E-state index contributed by atoms with van der Waals surface area (Å²) < 4.78 is 15.8. The number of halogens is 1. The predicted octanol–water partition coefficient (Wildman–Crippen LogP) is 2.47. The van der Waals surface area contributed by atoms with Crippen molar-refractivity contribution in [3.8, 4) is 5.69 Å². The summed E-state index contributed by atoms with van der Waals surface area (Å²) in [6.07, 6.45) is 5.93. The fraction of sp³-hybridized carbons (Fsp3) is 0.375. The average Bonchev–Trinajstić information content (AvgIpc) is 3.05. The van der Waals surface area contributed by atoms with Crippen molar-refractivity contribution in [2.24, 2.45) is 4.99 Å². The quantitative estimate of drug-likeness (QED) is 0.659. The van der Waals surface area contributed by atoms with Gasteiger partial charge in [-0.15, -0.1) is 0 Å². The van der Waals surface area contributed by atoms with E-state index < -0.39 is 0 Å². The van der Waals surface area contributed by atoms with E-state index in [9.17, 15) is 4.39 Å². The van der Waals surface area contributed by atoms with Gasteiger partial charge < -0.3 is 15.2 Å². The third kappa shape index (κ3) is 4.07. The highest BCUT2D eigenvalue weighted by molar-refractivity contribution is 5.79. The molecule has 2 N–H and O–H groups in total. The van der Waals surface area contributed by atoms with Gasteiger partial charge in [0.15, 0.2) is 5.96 Å². The zero-order valence-corrected chi connectivity index (χ0v) is 13.2. The van der Waals surface area contributed by atoms with Crippen LogP contribution in [0.15, 0.2) is 41.9 Å². The van der Waals surface area contributed by atoms with Gasteiger partial charge in [-0.1, -0.05) is 13.0 Å². The summed E-state index contributed by atoms with van der Waals surface area (Å²) in [5.41, 5.74) is 1.34. The van der Waals surface area contributed by atoms with Crippen LogP contribution in [0.25, 0.3) is 5.69 Å².